The predicted molar refractivity (Wildman–Crippen MR) is 138 cm³/mol. The molecule has 2 aromatic rings. The number of benzene rings is 2. The van der Waals surface area contributed by atoms with E-state index in [1.54, 1.807) is 0 Å². The molecule has 5 fully saturated rings. The number of amides is 1. The van der Waals surface area contributed by atoms with Crippen LogP contribution >= 0.6 is 0 Å². The van der Waals surface area contributed by atoms with E-state index in [9.17, 15) is 14.7 Å². The van der Waals surface area contributed by atoms with Crippen LogP contribution in [0.15, 0.2) is 72.3 Å². The number of carbonyl (C=O) groups is 2. The maximum absolute atomic E-state index is 14.0. The van der Waals surface area contributed by atoms with Gasteiger partial charge in [-0.15, -0.1) is 0 Å². The molecule has 2 aromatic carbocycles. The van der Waals surface area contributed by atoms with Gasteiger partial charge in [0, 0.05) is 17.9 Å². The molecule has 0 aliphatic heterocycles. The lowest BCUT2D eigenvalue weighted by molar-refractivity contribution is -0.143. The van der Waals surface area contributed by atoms with E-state index >= 15 is 0 Å². The van der Waals surface area contributed by atoms with E-state index < -0.39 is 17.3 Å². The summed E-state index contributed by atoms with van der Waals surface area (Å²) < 4.78 is 0. The smallest absolute Gasteiger partial charge is 0.310 e. The normalized spacial score (nSPS) is 37.1. The minimum absolute atomic E-state index is 0.0412. The van der Waals surface area contributed by atoms with Crippen LogP contribution in [-0.4, -0.2) is 23.5 Å². The monoisotopic (exact) mass is 481 g/mol. The number of hydrogen-bond donors (Lipinski definition) is 2. The summed E-state index contributed by atoms with van der Waals surface area (Å²) >= 11 is 0. The highest BCUT2D eigenvalue weighted by Gasteiger charge is 2.62. The third-order valence-corrected chi connectivity index (χ3v) is 10.5. The second-order valence-corrected chi connectivity index (χ2v) is 12.6. The number of carboxylic acid groups (broad SMARTS) is 1. The zero-order chi connectivity index (χ0) is 24.5. The number of hydrogen-bond acceptors (Lipinski definition) is 2. The highest BCUT2D eigenvalue weighted by atomic mass is 16.4. The third kappa shape index (κ3) is 3.26. The van der Waals surface area contributed by atoms with E-state index in [0.29, 0.717) is 6.42 Å². The molecule has 5 saturated carbocycles. The average Bonchev–Trinajstić information content (AvgIpc) is 3.42. The van der Waals surface area contributed by atoms with Gasteiger partial charge in [0.05, 0.1) is 11.8 Å². The average molecular weight is 482 g/mol. The Morgan fingerprint density at radius 2 is 1.36 bits per heavy atom. The Bertz CT molecular complexity index is 1140. The van der Waals surface area contributed by atoms with Crippen LogP contribution in [0.4, 0.5) is 0 Å². The van der Waals surface area contributed by atoms with Gasteiger partial charge in [-0.05, 0) is 79.2 Å². The summed E-state index contributed by atoms with van der Waals surface area (Å²) in [7, 11) is 0. The van der Waals surface area contributed by atoms with E-state index in [2.05, 4.69) is 29.6 Å². The quantitative estimate of drug-likeness (QED) is 0.529. The van der Waals surface area contributed by atoms with Crippen molar-refractivity contribution in [3.8, 4) is 0 Å². The Hall–Kier alpha value is -2.88. The fourth-order valence-corrected chi connectivity index (χ4v) is 9.75. The summed E-state index contributed by atoms with van der Waals surface area (Å²) in [5.41, 5.74) is 2.96. The molecule has 4 heteroatoms. The van der Waals surface area contributed by atoms with Crippen molar-refractivity contribution in [3.05, 3.63) is 83.4 Å². The number of aliphatic carboxylic acids is 1. The number of carbonyl (C=O) groups excluding carboxylic acids is 1. The lowest BCUT2D eigenvalue weighted by atomic mass is 9.49. The van der Waals surface area contributed by atoms with Crippen molar-refractivity contribution in [2.24, 2.45) is 40.9 Å². The molecule has 186 valence electrons. The van der Waals surface area contributed by atoms with E-state index in [4.69, 9.17) is 0 Å². The van der Waals surface area contributed by atoms with Crippen LogP contribution in [0.25, 0.3) is 0 Å². The second kappa shape index (κ2) is 8.06. The molecule has 0 spiro atoms. The summed E-state index contributed by atoms with van der Waals surface area (Å²) in [6.07, 6.45) is 10.5. The van der Waals surface area contributed by atoms with Crippen LogP contribution in [0.1, 0.15) is 56.1 Å². The molecule has 0 saturated heterocycles. The van der Waals surface area contributed by atoms with Crippen LogP contribution < -0.4 is 5.32 Å². The highest BCUT2D eigenvalue weighted by Crippen LogP contribution is 2.63. The highest BCUT2D eigenvalue weighted by molar-refractivity contribution is 5.88. The maximum Gasteiger partial charge on any atom is 0.310 e. The second-order valence-electron chi connectivity index (χ2n) is 12.6. The fourth-order valence-electron chi connectivity index (χ4n) is 9.75. The van der Waals surface area contributed by atoms with Gasteiger partial charge in [0.1, 0.15) is 0 Å². The van der Waals surface area contributed by atoms with Crippen molar-refractivity contribution in [1.82, 2.24) is 5.32 Å². The molecule has 1 unspecified atom stereocenters. The molecule has 6 bridgehead atoms. The Kier molecular flexibility index (Phi) is 5.00. The first-order chi connectivity index (χ1) is 17.5. The molecule has 6 aliphatic rings. The molecular weight excluding hydrogens is 446 g/mol. The van der Waals surface area contributed by atoms with E-state index in [1.807, 2.05) is 42.5 Å². The Balaban J connectivity index is 1.23. The minimum Gasteiger partial charge on any atom is -0.481 e. The summed E-state index contributed by atoms with van der Waals surface area (Å²) in [4.78, 5) is 26.5. The molecule has 1 amide bonds. The number of carboxylic acids is 1. The molecule has 2 N–H and O–H groups in total. The first-order valence-corrected chi connectivity index (χ1v) is 13.8. The van der Waals surface area contributed by atoms with Crippen molar-refractivity contribution in [2.45, 2.75) is 50.4 Å². The first kappa shape index (κ1) is 22.3. The van der Waals surface area contributed by atoms with E-state index in [1.165, 1.54) is 38.5 Å². The molecule has 0 radical (unpaired) electrons. The van der Waals surface area contributed by atoms with Crippen molar-refractivity contribution in [3.63, 3.8) is 0 Å². The molecule has 0 aromatic heterocycles. The van der Waals surface area contributed by atoms with Gasteiger partial charge in [0.15, 0.2) is 0 Å². The van der Waals surface area contributed by atoms with Crippen molar-refractivity contribution in [2.75, 3.05) is 6.54 Å². The van der Waals surface area contributed by atoms with Crippen molar-refractivity contribution < 1.29 is 14.7 Å². The topological polar surface area (TPSA) is 66.4 Å². The van der Waals surface area contributed by atoms with Crippen LogP contribution in [-0.2, 0) is 15.0 Å². The van der Waals surface area contributed by atoms with E-state index in [0.717, 1.165) is 41.0 Å². The summed E-state index contributed by atoms with van der Waals surface area (Å²) in [6.45, 7) is 0.757. The standard InChI is InChI=1S/C32H35NO3/c34-29(33-19-31-15-20-11-21(16-31)13-22(12-20)17-31)27-23-14-26(30(35)36)28(27)32(18-23,24-7-3-1-4-8-24)25-9-5-2-6-10-25/h1-10,14,20-22,26-28H,11-13,15-19H2,(H,33,34)(H,35,36)/t20?,21?,22?,26-,27-,28?,31?/m1/s1. The molecular formula is C32H35NO3. The molecule has 8 rings (SSSR count). The molecule has 6 aliphatic carbocycles. The van der Waals surface area contributed by atoms with E-state index in [-0.39, 0.29) is 23.2 Å². The van der Waals surface area contributed by atoms with Gasteiger partial charge in [-0.2, -0.15) is 0 Å². The van der Waals surface area contributed by atoms with Crippen LogP contribution in [0.2, 0.25) is 0 Å². The molecule has 4 nitrogen and oxygen atoms in total. The van der Waals surface area contributed by atoms with Gasteiger partial charge in [-0.25, -0.2) is 0 Å². The van der Waals surface area contributed by atoms with Gasteiger partial charge < -0.3 is 10.4 Å². The van der Waals surface area contributed by atoms with Crippen LogP contribution in [0.3, 0.4) is 0 Å². The first-order valence-electron chi connectivity index (χ1n) is 13.8. The number of rotatable bonds is 6. The number of nitrogens with one attached hydrogen (secondary N) is 1. The lowest BCUT2D eigenvalue weighted by Gasteiger charge is -2.57. The zero-order valence-electron chi connectivity index (χ0n) is 20.7. The SMILES string of the molecule is O=C(NCC12CC3CC(CC(C3)C1)C2)[C@@H]1C2=C[C@@H](C(=O)O)C1C(c1ccccc1)(c1ccccc1)C2. The Morgan fingerprint density at radius 1 is 0.833 bits per heavy atom. The zero-order valence-corrected chi connectivity index (χ0v) is 20.7. The molecule has 0 heterocycles. The Morgan fingerprint density at radius 3 is 1.86 bits per heavy atom. The molecule has 36 heavy (non-hydrogen) atoms. The van der Waals surface area contributed by atoms with Gasteiger partial charge in [0.25, 0.3) is 0 Å². The number of fused-ring (bicyclic) bond motifs is 2. The third-order valence-electron chi connectivity index (χ3n) is 10.5. The predicted octanol–water partition coefficient (Wildman–Crippen LogP) is 5.58. The summed E-state index contributed by atoms with van der Waals surface area (Å²) in [6, 6.07) is 20.5. The van der Waals surface area contributed by atoms with Gasteiger partial charge in [-0.1, -0.05) is 72.3 Å². The summed E-state index contributed by atoms with van der Waals surface area (Å²) in [5.74, 6) is 0.372. The maximum atomic E-state index is 14.0. The summed E-state index contributed by atoms with van der Waals surface area (Å²) in [5, 5.41) is 13.7. The van der Waals surface area contributed by atoms with Gasteiger partial charge >= 0.3 is 5.97 Å². The van der Waals surface area contributed by atoms with Crippen LogP contribution in [0, 0.1) is 40.9 Å². The van der Waals surface area contributed by atoms with Crippen molar-refractivity contribution >= 4 is 11.9 Å². The fraction of sp³-hybridized carbons (Fsp3) is 0.500. The molecule has 3 atom stereocenters. The lowest BCUT2D eigenvalue weighted by Crippen LogP contribution is -2.52. The van der Waals surface area contributed by atoms with Crippen molar-refractivity contribution in [1.29, 1.82) is 0 Å². The van der Waals surface area contributed by atoms with Gasteiger partial charge in [0.2, 0.25) is 5.91 Å². The Labute approximate surface area is 213 Å². The largest absolute Gasteiger partial charge is 0.481 e. The minimum atomic E-state index is -0.829. The van der Waals surface area contributed by atoms with Crippen LogP contribution in [0.5, 0.6) is 0 Å². The van der Waals surface area contributed by atoms with Gasteiger partial charge in [-0.3, -0.25) is 9.59 Å².